The molecule has 0 amide bonds. The Balaban J connectivity index is 2.62. The minimum atomic E-state index is -1.04. The van der Waals surface area contributed by atoms with Crippen LogP contribution < -0.4 is 4.74 Å². The lowest BCUT2D eigenvalue weighted by molar-refractivity contribution is 0.214. The summed E-state index contributed by atoms with van der Waals surface area (Å²) in [6.45, 7) is 0. The van der Waals surface area contributed by atoms with Crippen molar-refractivity contribution in [1.29, 1.82) is 0 Å². The number of aliphatic hydroxyl groups excluding tert-OH is 1. The molecule has 20 heavy (non-hydrogen) atoms. The fraction of sp³-hybridized carbons (Fsp3) is 0.143. The lowest BCUT2D eigenvalue weighted by Gasteiger charge is -2.19. The van der Waals surface area contributed by atoms with E-state index < -0.39 is 6.10 Å². The van der Waals surface area contributed by atoms with Crippen molar-refractivity contribution in [2.75, 3.05) is 7.11 Å². The van der Waals surface area contributed by atoms with Crippen LogP contribution in [0.15, 0.2) is 34.8 Å². The van der Waals surface area contributed by atoms with Crippen LogP contribution in [0.1, 0.15) is 17.2 Å². The topological polar surface area (TPSA) is 29.5 Å². The molecule has 2 aromatic carbocycles. The lowest BCUT2D eigenvalue weighted by Crippen LogP contribution is -2.04. The molecule has 2 nitrogen and oxygen atoms in total. The quantitative estimate of drug-likeness (QED) is 0.742. The van der Waals surface area contributed by atoms with E-state index in [1.54, 1.807) is 30.3 Å². The van der Waals surface area contributed by atoms with Gasteiger partial charge < -0.3 is 9.84 Å². The van der Waals surface area contributed by atoms with E-state index in [0.29, 0.717) is 36.4 Å². The third kappa shape index (κ3) is 3.07. The molecule has 0 heterocycles. The highest BCUT2D eigenvalue weighted by atomic mass is 79.9. The highest BCUT2D eigenvalue weighted by Gasteiger charge is 2.22. The summed E-state index contributed by atoms with van der Waals surface area (Å²) in [6.07, 6.45) is -1.04. The molecule has 2 aromatic rings. The molecule has 0 saturated carbocycles. The fourth-order valence-corrected chi connectivity index (χ4v) is 3.53. The number of benzene rings is 2. The lowest BCUT2D eigenvalue weighted by atomic mass is 10.0. The molecule has 6 heteroatoms. The number of rotatable bonds is 3. The summed E-state index contributed by atoms with van der Waals surface area (Å²) in [6, 6.07) is 8.35. The van der Waals surface area contributed by atoms with E-state index in [1.165, 1.54) is 7.11 Å². The number of hydrogen-bond donors (Lipinski definition) is 1. The predicted molar refractivity (Wildman–Crippen MR) is 86.2 cm³/mol. The van der Waals surface area contributed by atoms with Gasteiger partial charge in [-0.25, -0.2) is 0 Å². The zero-order chi connectivity index (χ0) is 14.9. The van der Waals surface area contributed by atoms with Gasteiger partial charge in [0.1, 0.15) is 11.9 Å². The maximum absolute atomic E-state index is 10.6. The summed E-state index contributed by atoms with van der Waals surface area (Å²) in [5.41, 5.74) is 0.908. The monoisotopic (exact) mass is 394 g/mol. The van der Waals surface area contributed by atoms with Crippen LogP contribution in [-0.4, -0.2) is 12.2 Å². The number of hydrogen-bond acceptors (Lipinski definition) is 2. The van der Waals surface area contributed by atoms with Gasteiger partial charge in [-0.3, -0.25) is 0 Å². The van der Waals surface area contributed by atoms with Crippen LogP contribution in [0.4, 0.5) is 0 Å². The summed E-state index contributed by atoms with van der Waals surface area (Å²) >= 11 is 21.6. The molecule has 0 spiro atoms. The van der Waals surface area contributed by atoms with Crippen LogP contribution in [0.5, 0.6) is 5.75 Å². The molecule has 0 aliphatic rings. The van der Waals surface area contributed by atoms with Gasteiger partial charge >= 0.3 is 0 Å². The Labute approximate surface area is 140 Å². The number of halogens is 4. The van der Waals surface area contributed by atoms with E-state index >= 15 is 0 Å². The molecule has 0 saturated heterocycles. The van der Waals surface area contributed by atoms with Gasteiger partial charge in [-0.05, 0) is 40.2 Å². The minimum absolute atomic E-state index is 0.378. The van der Waals surface area contributed by atoms with Crippen molar-refractivity contribution >= 4 is 50.7 Å². The summed E-state index contributed by atoms with van der Waals surface area (Å²) in [5.74, 6) is 0.484. The largest absolute Gasteiger partial charge is 0.495 e. The first kappa shape index (κ1) is 15.9. The maximum atomic E-state index is 10.6. The van der Waals surface area contributed by atoms with Crippen LogP contribution in [0.2, 0.25) is 15.1 Å². The summed E-state index contributed by atoms with van der Waals surface area (Å²) in [4.78, 5) is 0. The molecule has 0 fully saturated rings. The molecular weight excluding hydrogens is 386 g/mol. The van der Waals surface area contributed by atoms with Crippen molar-refractivity contribution in [3.05, 3.63) is 61.0 Å². The van der Waals surface area contributed by atoms with Gasteiger partial charge in [0.15, 0.2) is 0 Å². The van der Waals surface area contributed by atoms with Crippen molar-refractivity contribution in [3.8, 4) is 5.75 Å². The Kier molecular flexibility index (Phi) is 5.21. The van der Waals surface area contributed by atoms with E-state index in [4.69, 9.17) is 39.5 Å². The highest BCUT2D eigenvalue weighted by Crippen LogP contribution is 2.41. The second-order valence-corrected chi connectivity index (χ2v) is 6.15. The number of ether oxygens (including phenoxy) is 1. The van der Waals surface area contributed by atoms with Crippen LogP contribution >= 0.6 is 50.7 Å². The third-order valence-corrected chi connectivity index (χ3v) is 4.28. The first-order valence-corrected chi connectivity index (χ1v) is 7.53. The van der Waals surface area contributed by atoms with Crippen molar-refractivity contribution in [2.24, 2.45) is 0 Å². The summed E-state index contributed by atoms with van der Waals surface area (Å²) in [7, 11) is 1.51. The van der Waals surface area contributed by atoms with Gasteiger partial charge in [0.25, 0.3) is 0 Å². The predicted octanol–water partition coefficient (Wildman–Crippen LogP) is 5.50. The smallest absolute Gasteiger partial charge is 0.139 e. The number of aliphatic hydroxyl groups is 1. The molecule has 0 aliphatic carbocycles. The summed E-state index contributed by atoms with van der Waals surface area (Å²) < 4.78 is 5.95. The van der Waals surface area contributed by atoms with Gasteiger partial charge in [-0.1, -0.05) is 40.9 Å². The van der Waals surface area contributed by atoms with Gasteiger partial charge in [0.05, 0.1) is 11.6 Å². The Morgan fingerprint density at radius 1 is 1.15 bits per heavy atom. The zero-order valence-electron chi connectivity index (χ0n) is 10.3. The molecule has 0 bridgehead atoms. The Bertz CT molecular complexity index is 626. The fourth-order valence-electron chi connectivity index (χ4n) is 1.93. The standard InChI is InChI=1S/C14H10BrCl3O2/c1-20-14-8(5-7(16)6-9(14)15)13(19)12-10(17)3-2-4-11(12)18/h2-6,13,19H,1H3. The van der Waals surface area contributed by atoms with Gasteiger partial charge in [0.2, 0.25) is 0 Å². The van der Waals surface area contributed by atoms with Gasteiger partial charge in [0, 0.05) is 26.2 Å². The molecular formula is C14H10BrCl3O2. The molecule has 0 radical (unpaired) electrons. The third-order valence-electron chi connectivity index (χ3n) is 2.81. The average molecular weight is 396 g/mol. The molecule has 0 aromatic heterocycles. The van der Waals surface area contributed by atoms with Crippen molar-refractivity contribution < 1.29 is 9.84 Å². The van der Waals surface area contributed by atoms with E-state index in [-0.39, 0.29) is 0 Å². The van der Waals surface area contributed by atoms with Crippen molar-refractivity contribution in [1.82, 2.24) is 0 Å². The minimum Gasteiger partial charge on any atom is -0.495 e. The Morgan fingerprint density at radius 3 is 2.30 bits per heavy atom. The van der Waals surface area contributed by atoms with Crippen molar-refractivity contribution in [2.45, 2.75) is 6.10 Å². The van der Waals surface area contributed by atoms with Crippen LogP contribution in [0.25, 0.3) is 0 Å². The van der Waals surface area contributed by atoms with Crippen LogP contribution in [0, 0.1) is 0 Å². The second-order valence-electron chi connectivity index (χ2n) is 4.05. The van der Waals surface area contributed by atoms with Crippen LogP contribution in [0.3, 0.4) is 0 Å². The molecule has 1 N–H and O–H groups in total. The zero-order valence-corrected chi connectivity index (χ0v) is 14.2. The second kappa shape index (κ2) is 6.54. The van der Waals surface area contributed by atoms with E-state index in [1.807, 2.05) is 0 Å². The first-order chi connectivity index (χ1) is 9.45. The van der Waals surface area contributed by atoms with Gasteiger partial charge in [-0.15, -0.1) is 0 Å². The Hall–Kier alpha value is -0.450. The molecule has 1 unspecified atom stereocenters. The molecule has 2 rings (SSSR count). The van der Waals surface area contributed by atoms with Crippen molar-refractivity contribution in [3.63, 3.8) is 0 Å². The summed E-state index contributed by atoms with van der Waals surface area (Å²) in [5, 5.41) is 11.8. The molecule has 106 valence electrons. The average Bonchev–Trinajstić information content (AvgIpc) is 2.37. The normalized spacial score (nSPS) is 12.3. The Morgan fingerprint density at radius 2 is 1.75 bits per heavy atom. The van der Waals surface area contributed by atoms with E-state index in [2.05, 4.69) is 15.9 Å². The maximum Gasteiger partial charge on any atom is 0.139 e. The van der Waals surface area contributed by atoms with E-state index in [0.717, 1.165) is 0 Å². The van der Waals surface area contributed by atoms with Crippen LogP contribution in [-0.2, 0) is 0 Å². The number of methoxy groups -OCH3 is 1. The van der Waals surface area contributed by atoms with Gasteiger partial charge in [-0.2, -0.15) is 0 Å². The first-order valence-electron chi connectivity index (χ1n) is 5.60. The van der Waals surface area contributed by atoms with E-state index in [9.17, 15) is 5.11 Å². The SMILES string of the molecule is COc1c(Br)cc(Cl)cc1C(O)c1c(Cl)cccc1Cl. The molecule has 1 atom stereocenters. The highest BCUT2D eigenvalue weighted by molar-refractivity contribution is 9.10. The molecule has 0 aliphatic heterocycles.